The number of carbonyl (C=O) groups excluding carboxylic acids is 1. The van der Waals surface area contributed by atoms with E-state index in [1.807, 2.05) is 17.5 Å². The molecule has 1 aromatic heterocycles. The summed E-state index contributed by atoms with van der Waals surface area (Å²) in [6, 6.07) is 3.95. The van der Waals surface area contributed by atoms with Crippen LogP contribution >= 0.6 is 11.3 Å². The highest BCUT2D eigenvalue weighted by Gasteiger charge is 2.28. The lowest BCUT2D eigenvalue weighted by molar-refractivity contribution is -0.148. The van der Waals surface area contributed by atoms with Gasteiger partial charge in [0.1, 0.15) is 5.92 Å². The fourth-order valence-corrected chi connectivity index (χ4v) is 2.28. The van der Waals surface area contributed by atoms with E-state index in [9.17, 15) is 9.59 Å². The van der Waals surface area contributed by atoms with Crippen molar-refractivity contribution in [3.05, 3.63) is 22.4 Å². The van der Waals surface area contributed by atoms with Gasteiger partial charge in [0.2, 0.25) is 5.91 Å². The summed E-state index contributed by atoms with van der Waals surface area (Å²) >= 11 is 1.63. The van der Waals surface area contributed by atoms with Crippen molar-refractivity contribution in [2.24, 2.45) is 11.8 Å². The van der Waals surface area contributed by atoms with Crippen LogP contribution in [0.3, 0.4) is 0 Å². The van der Waals surface area contributed by atoms with Crippen molar-refractivity contribution in [2.45, 2.75) is 20.3 Å². The maximum Gasteiger partial charge on any atom is 0.316 e. The van der Waals surface area contributed by atoms with Gasteiger partial charge in [-0.2, -0.15) is 0 Å². The number of carboxylic acids is 1. The fourth-order valence-electron chi connectivity index (χ4n) is 1.57. The van der Waals surface area contributed by atoms with Gasteiger partial charge in [0.05, 0.1) is 0 Å². The zero-order valence-corrected chi connectivity index (χ0v) is 10.8. The quantitative estimate of drug-likeness (QED) is 0.761. The molecule has 0 aliphatic rings. The Labute approximate surface area is 105 Å². The van der Waals surface area contributed by atoms with E-state index in [0.29, 0.717) is 6.54 Å². The van der Waals surface area contributed by atoms with Crippen LogP contribution in [0.2, 0.25) is 0 Å². The normalized spacial score (nSPS) is 12.4. The van der Waals surface area contributed by atoms with Crippen LogP contribution in [-0.4, -0.2) is 23.5 Å². The minimum atomic E-state index is -1.06. The Balaban J connectivity index is 2.40. The average molecular weight is 255 g/mol. The smallest absolute Gasteiger partial charge is 0.316 e. The number of hydrogen-bond acceptors (Lipinski definition) is 3. The lowest BCUT2D eigenvalue weighted by Crippen LogP contribution is -2.39. The Kier molecular flexibility index (Phi) is 5.15. The van der Waals surface area contributed by atoms with Crippen molar-refractivity contribution in [1.29, 1.82) is 0 Å². The first-order valence-corrected chi connectivity index (χ1v) is 6.43. The third-order valence-electron chi connectivity index (χ3n) is 2.47. The molecule has 1 amide bonds. The number of carbonyl (C=O) groups is 2. The van der Waals surface area contributed by atoms with E-state index in [4.69, 9.17) is 5.11 Å². The lowest BCUT2D eigenvalue weighted by Gasteiger charge is -2.15. The summed E-state index contributed by atoms with van der Waals surface area (Å²) in [6.07, 6.45) is 0.744. The number of hydrogen-bond donors (Lipinski definition) is 2. The van der Waals surface area contributed by atoms with Gasteiger partial charge in [0, 0.05) is 11.4 Å². The van der Waals surface area contributed by atoms with Crippen LogP contribution in [-0.2, 0) is 16.0 Å². The van der Waals surface area contributed by atoms with Crippen molar-refractivity contribution in [2.75, 3.05) is 6.54 Å². The molecule has 0 spiro atoms. The zero-order chi connectivity index (χ0) is 12.8. The van der Waals surface area contributed by atoms with Gasteiger partial charge in [-0.15, -0.1) is 11.3 Å². The molecule has 0 aliphatic carbocycles. The molecule has 1 rings (SSSR count). The minimum Gasteiger partial charge on any atom is -0.481 e. The highest BCUT2D eigenvalue weighted by Crippen LogP contribution is 2.12. The van der Waals surface area contributed by atoms with E-state index in [-0.39, 0.29) is 5.92 Å². The molecule has 1 heterocycles. The van der Waals surface area contributed by atoms with E-state index < -0.39 is 17.8 Å². The highest BCUT2D eigenvalue weighted by atomic mass is 32.1. The Hall–Kier alpha value is -1.36. The van der Waals surface area contributed by atoms with Crippen molar-refractivity contribution >= 4 is 23.2 Å². The Morgan fingerprint density at radius 3 is 2.65 bits per heavy atom. The standard InChI is InChI=1S/C12H17NO3S/c1-8(2)10(12(15)16)11(14)13-6-5-9-4-3-7-17-9/h3-4,7-8,10H,5-6H2,1-2H3,(H,13,14)(H,15,16). The maximum atomic E-state index is 11.7. The summed E-state index contributed by atoms with van der Waals surface area (Å²) in [5.74, 6) is -2.62. The molecule has 17 heavy (non-hydrogen) atoms. The minimum absolute atomic E-state index is 0.200. The molecule has 0 aromatic carbocycles. The van der Waals surface area contributed by atoms with Gasteiger partial charge in [-0.3, -0.25) is 9.59 Å². The molecule has 0 radical (unpaired) electrons. The summed E-state index contributed by atoms with van der Waals surface area (Å²) in [6.45, 7) is 3.95. The number of rotatable bonds is 6. The predicted molar refractivity (Wildman–Crippen MR) is 67.0 cm³/mol. The SMILES string of the molecule is CC(C)C(C(=O)O)C(=O)NCCc1cccs1. The summed E-state index contributed by atoms with van der Waals surface area (Å²) < 4.78 is 0. The van der Waals surface area contributed by atoms with Gasteiger partial charge in [0.25, 0.3) is 0 Å². The molecule has 1 unspecified atom stereocenters. The van der Waals surface area contributed by atoms with Crippen LogP contribution in [0, 0.1) is 11.8 Å². The molecule has 1 atom stereocenters. The first-order chi connectivity index (χ1) is 8.02. The molecule has 94 valence electrons. The van der Waals surface area contributed by atoms with Crippen LogP contribution in [0.4, 0.5) is 0 Å². The second-order valence-corrected chi connectivity index (χ2v) is 5.21. The Morgan fingerprint density at radius 2 is 2.18 bits per heavy atom. The van der Waals surface area contributed by atoms with Gasteiger partial charge >= 0.3 is 5.97 Å². The average Bonchev–Trinajstić information content (AvgIpc) is 2.69. The molecule has 0 saturated carbocycles. The van der Waals surface area contributed by atoms with Gasteiger partial charge in [-0.25, -0.2) is 0 Å². The van der Waals surface area contributed by atoms with E-state index in [2.05, 4.69) is 5.32 Å². The van der Waals surface area contributed by atoms with Gasteiger partial charge < -0.3 is 10.4 Å². The molecule has 0 fully saturated rings. The number of thiophene rings is 1. The molecule has 0 saturated heterocycles. The van der Waals surface area contributed by atoms with E-state index >= 15 is 0 Å². The summed E-state index contributed by atoms with van der Waals surface area (Å²) in [4.78, 5) is 23.8. The third kappa shape index (κ3) is 4.19. The van der Waals surface area contributed by atoms with Gasteiger partial charge in [0.15, 0.2) is 0 Å². The van der Waals surface area contributed by atoms with Crippen LogP contribution < -0.4 is 5.32 Å². The van der Waals surface area contributed by atoms with E-state index in [1.54, 1.807) is 25.2 Å². The topological polar surface area (TPSA) is 66.4 Å². The Morgan fingerprint density at radius 1 is 1.47 bits per heavy atom. The largest absolute Gasteiger partial charge is 0.481 e. The molecule has 5 heteroatoms. The second-order valence-electron chi connectivity index (χ2n) is 4.18. The zero-order valence-electron chi connectivity index (χ0n) is 9.97. The lowest BCUT2D eigenvalue weighted by atomic mass is 9.95. The molecule has 0 aliphatic heterocycles. The highest BCUT2D eigenvalue weighted by molar-refractivity contribution is 7.09. The predicted octanol–water partition coefficient (Wildman–Crippen LogP) is 1.76. The van der Waals surface area contributed by atoms with Crippen LogP contribution in [0.25, 0.3) is 0 Å². The Bertz CT molecular complexity index is 373. The van der Waals surface area contributed by atoms with Crippen molar-refractivity contribution < 1.29 is 14.7 Å². The molecule has 2 N–H and O–H groups in total. The number of nitrogens with one attached hydrogen (secondary N) is 1. The second kappa shape index (κ2) is 6.39. The van der Waals surface area contributed by atoms with Crippen molar-refractivity contribution in [1.82, 2.24) is 5.32 Å². The fraction of sp³-hybridized carbons (Fsp3) is 0.500. The number of amides is 1. The van der Waals surface area contributed by atoms with Crippen molar-refractivity contribution in [3.8, 4) is 0 Å². The van der Waals surface area contributed by atoms with E-state index in [1.165, 1.54) is 4.88 Å². The first-order valence-electron chi connectivity index (χ1n) is 5.55. The summed E-state index contributed by atoms with van der Waals surface area (Å²) in [5, 5.41) is 13.6. The van der Waals surface area contributed by atoms with Crippen molar-refractivity contribution in [3.63, 3.8) is 0 Å². The van der Waals surface area contributed by atoms with E-state index in [0.717, 1.165) is 6.42 Å². The van der Waals surface area contributed by atoms with Crippen LogP contribution in [0.5, 0.6) is 0 Å². The van der Waals surface area contributed by atoms with Crippen LogP contribution in [0.1, 0.15) is 18.7 Å². The molecule has 0 bridgehead atoms. The summed E-state index contributed by atoms with van der Waals surface area (Å²) in [5.41, 5.74) is 0. The third-order valence-corrected chi connectivity index (χ3v) is 3.40. The number of aliphatic carboxylic acids is 1. The van der Waals surface area contributed by atoms with Gasteiger partial charge in [-0.05, 0) is 23.8 Å². The maximum absolute atomic E-state index is 11.7. The number of carboxylic acid groups (broad SMARTS) is 1. The monoisotopic (exact) mass is 255 g/mol. The first kappa shape index (κ1) is 13.7. The van der Waals surface area contributed by atoms with Crippen LogP contribution in [0.15, 0.2) is 17.5 Å². The molecule has 1 aromatic rings. The van der Waals surface area contributed by atoms with Gasteiger partial charge in [-0.1, -0.05) is 19.9 Å². The molecule has 4 nitrogen and oxygen atoms in total. The summed E-state index contributed by atoms with van der Waals surface area (Å²) in [7, 11) is 0. The molecular formula is C12H17NO3S. The molecular weight excluding hydrogens is 238 g/mol.